The largest absolute Gasteiger partial charge is 0.493 e. The molecule has 0 aliphatic carbocycles. The first-order valence-electron chi connectivity index (χ1n) is 7.79. The van der Waals surface area contributed by atoms with E-state index < -0.39 is 6.61 Å². The average Bonchev–Trinajstić information content (AvgIpc) is 3.07. The third-order valence-electron chi connectivity index (χ3n) is 4.00. The molecule has 7 heteroatoms. The van der Waals surface area contributed by atoms with E-state index in [9.17, 15) is 13.6 Å². The number of ether oxygens (including phenoxy) is 2. The number of hydrogen-bond donors (Lipinski definition) is 2. The number of nitrogens with one attached hydrogen (secondary N) is 2. The lowest BCUT2D eigenvalue weighted by atomic mass is 10.1. The molecule has 1 aliphatic rings. The molecule has 0 bridgehead atoms. The second-order valence-electron chi connectivity index (χ2n) is 5.63. The minimum Gasteiger partial charge on any atom is -0.493 e. The number of carbonyl (C=O) groups is 1. The maximum absolute atomic E-state index is 12.3. The molecule has 5 nitrogen and oxygen atoms in total. The fraction of sp³-hybridized carbons (Fsp3) is 0.278. The summed E-state index contributed by atoms with van der Waals surface area (Å²) >= 11 is 0. The van der Waals surface area contributed by atoms with Crippen LogP contribution in [0.1, 0.15) is 27.0 Å². The van der Waals surface area contributed by atoms with Gasteiger partial charge in [-0.2, -0.15) is 8.78 Å². The molecular formula is C18H18F2N2O3. The lowest BCUT2D eigenvalue weighted by molar-refractivity contribution is -0.0512. The van der Waals surface area contributed by atoms with Crippen molar-refractivity contribution < 1.29 is 23.0 Å². The van der Waals surface area contributed by atoms with Crippen LogP contribution in [-0.4, -0.2) is 19.6 Å². The summed E-state index contributed by atoms with van der Waals surface area (Å²) in [5, 5.41) is 6.08. The predicted octanol–water partition coefficient (Wildman–Crippen LogP) is 2.83. The Balaban J connectivity index is 1.66. The molecule has 0 saturated heterocycles. The SMILES string of the molecule is COc1cc(C(=O)NCc2ccc3c(c2)CNC3)ccc1OC(F)F. The van der Waals surface area contributed by atoms with Gasteiger partial charge < -0.3 is 20.1 Å². The number of carbonyl (C=O) groups excluding carboxylic acids is 1. The van der Waals surface area contributed by atoms with E-state index in [4.69, 9.17) is 4.74 Å². The van der Waals surface area contributed by atoms with Crippen molar-refractivity contribution in [3.8, 4) is 11.5 Å². The van der Waals surface area contributed by atoms with Gasteiger partial charge in [0, 0.05) is 25.2 Å². The van der Waals surface area contributed by atoms with Crippen LogP contribution in [0.25, 0.3) is 0 Å². The van der Waals surface area contributed by atoms with Gasteiger partial charge in [0.15, 0.2) is 11.5 Å². The Hall–Kier alpha value is -2.67. The second-order valence-corrected chi connectivity index (χ2v) is 5.63. The monoisotopic (exact) mass is 348 g/mol. The summed E-state index contributed by atoms with van der Waals surface area (Å²) in [4.78, 5) is 12.3. The van der Waals surface area contributed by atoms with Gasteiger partial charge in [-0.25, -0.2) is 0 Å². The van der Waals surface area contributed by atoms with Crippen molar-refractivity contribution in [2.45, 2.75) is 26.2 Å². The van der Waals surface area contributed by atoms with Crippen molar-refractivity contribution >= 4 is 5.91 Å². The Bertz CT molecular complexity index is 781. The molecule has 0 fully saturated rings. The minimum absolute atomic E-state index is 0.0801. The van der Waals surface area contributed by atoms with Crippen molar-refractivity contribution in [3.63, 3.8) is 0 Å². The number of fused-ring (bicyclic) bond motifs is 1. The van der Waals surface area contributed by atoms with E-state index in [2.05, 4.69) is 27.5 Å². The van der Waals surface area contributed by atoms with Crippen LogP contribution in [0.4, 0.5) is 8.78 Å². The highest BCUT2D eigenvalue weighted by molar-refractivity contribution is 5.94. The van der Waals surface area contributed by atoms with Gasteiger partial charge in [-0.15, -0.1) is 0 Å². The summed E-state index contributed by atoms with van der Waals surface area (Å²) in [6.07, 6.45) is 0. The molecule has 0 unspecified atom stereocenters. The summed E-state index contributed by atoms with van der Waals surface area (Å²) in [5.41, 5.74) is 3.82. The van der Waals surface area contributed by atoms with Crippen LogP contribution < -0.4 is 20.1 Å². The van der Waals surface area contributed by atoms with Crippen molar-refractivity contribution in [2.75, 3.05) is 7.11 Å². The highest BCUT2D eigenvalue weighted by Crippen LogP contribution is 2.29. The van der Waals surface area contributed by atoms with E-state index in [-0.39, 0.29) is 17.4 Å². The lowest BCUT2D eigenvalue weighted by Crippen LogP contribution is -2.23. The van der Waals surface area contributed by atoms with Crippen LogP contribution in [0.3, 0.4) is 0 Å². The number of alkyl halides is 2. The molecule has 1 heterocycles. The standard InChI is InChI=1S/C18H18F2N2O3/c1-24-16-7-12(4-5-15(16)25-18(19)20)17(23)22-8-11-2-3-13-9-21-10-14(13)6-11/h2-7,18,21H,8-10H2,1H3,(H,22,23). The number of halogens is 2. The van der Waals surface area contributed by atoms with E-state index >= 15 is 0 Å². The van der Waals surface area contributed by atoms with E-state index in [0.717, 1.165) is 18.7 Å². The lowest BCUT2D eigenvalue weighted by Gasteiger charge is -2.12. The fourth-order valence-corrected chi connectivity index (χ4v) is 2.74. The maximum atomic E-state index is 12.3. The number of rotatable bonds is 6. The summed E-state index contributed by atoms with van der Waals surface area (Å²) in [7, 11) is 1.33. The Morgan fingerprint density at radius 3 is 2.72 bits per heavy atom. The first-order chi connectivity index (χ1) is 12.1. The van der Waals surface area contributed by atoms with Crippen LogP contribution >= 0.6 is 0 Å². The van der Waals surface area contributed by atoms with E-state index in [1.54, 1.807) is 0 Å². The van der Waals surface area contributed by atoms with Gasteiger partial charge >= 0.3 is 6.61 Å². The molecule has 132 valence electrons. The van der Waals surface area contributed by atoms with Gasteiger partial charge in [-0.05, 0) is 34.9 Å². The molecule has 0 aromatic heterocycles. The molecule has 0 spiro atoms. The molecule has 2 aromatic carbocycles. The Morgan fingerprint density at radius 2 is 1.96 bits per heavy atom. The molecule has 25 heavy (non-hydrogen) atoms. The zero-order chi connectivity index (χ0) is 17.8. The third-order valence-corrected chi connectivity index (χ3v) is 4.00. The van der Waals surface area contributed by atoms with Crippen molar-refractivity contribution in [1.29, 1.82) is 0 Å². The normalized spacial score (nSPS) is 12.8. The molecule has 1 amide bonds. The molecular weight excluding hydrogens is 330 g/mol. The quantitative estimate of drug-likeness (QED) is 0.843. The Kier molecular flexibility index (Phi) is 5.14. The first-order valence-corrected chi connectivity index (χ1v) is 7.79. The van der Waals surface area contributed by atoms with Gasteiger partial charge in [-0.1, -0.05) is 18.2 Å². The molecule has 2 N–H and O–H groups in total. The van der Waals surface area contributed by atoms with Gasteiger partial charge in [0.25, 0.3) is 5.91 Å². The summed E-state index contributed by atoms with van der Waals surface area (Å²) < 4.78 is 34.0. The van der Waals surface area contributed by atoms with Gasteiger partial charge in [-0.3, -0.25) is 4.79 Å². The third kappa shape index (κ3) is 4.06. The van der Waals surface area contributed by atoms with Crippen LogP contribution in [0.2, 0.25) is 0 Å². The Morgan fingerprint density at radius 1 is 1.16 bits per heavy atom. The number of amides is 1. The highest BCUT2D eigenvalue weighted by Gasteiger charge is 2.15. The first kappa shape index (κ1) is 17.2. The predicted molar refractivity (Wildman–Crippen MR) is 87.8 cm³/mol. The smallest absolute Gasteiger partial charge is 0.387 e. The van der Waals surface area contributed by atoms with Crippen LogP contribution in [-0.2, 0) is 19.6 Å². The van der Waals surface area contributed by atoms with Crippen LogP contribution in [0.5, 0.6) is 11.5 Å². The second kappa shape index (κ2) is 7.48. The summed E-state index contributed by atoms with van der Waals surface area (Å²) in [5.74, 6) is -0.350. The van der Waals surface area contributed by atoms with E-state index in [1.165, 1.54) is 36.4 Å². The van der Waals surface area contributed by atoms with Crippen molar-refractivity contribution in [1.82, 2.24) is 10.6 Å². The molecule has 0 radical (unpaired) electrons. The molecule has 0 atom stereocenters. The summed E-state index contributed by atoms with van der Waals surface area (Å²) in [6.45, 7) is -0.874. The zero-order valence-corrected chi connectivity index (χ0v) is 13.6. The van der Waals surface area contributed by atoms with Gasteiger partial charge in [0.1, 0.15) is 0 Å². The highest BCUT2D eigenvalue weighted by atomic mass is 19.3. The molecule has 1 aliphatic heterocycles. The van der Waals surface area contributed by atoms with E-state index in [0.29, 0.717) is 12.1 Å². The average molecular weight is 348 g/mol. The van der Waals surface area contributed by atoms with Crippen LogP contribution in [0.15, 0.2) is 36.4 Å². The van der Waals surface area contributed by atoms with E-state index in [1.807, 2.05) is 6.07 Å². The minimum atomic E-state index is -2.96. The number of methoxy groups -OCH3 is 1. The number of hydrogen-bond acceptors (Lipinski definition) is 4. The van der Waals surface area contributed by atoms with Gasteiger partial charge in [0.2, 0.25) is 0 Å². The summed E-state index contributed by atoms with van der Waals surface area (Å²) in [6, 6.07) is 10.2. The topological polar surface area (TPSA) is 59.6 Å². The molecule has 3 rings (SSSR count). The van der Waals surface area contributed by atoms with Crippen molar-refractivity contribution in [2.24, 2.45) is 0 Å². The fourth-order valence-electron chi connectivity index (χ4n) is 2.74. The zero-order valence-electron chi connectivity index (χ0n) is 13.6. The molecule has 0 saturated carbocycles. The van der Waals surface area contributed by atoms with Crippen molar-refractivity contribution in [3.05, 3.63) is 58.7 Å². The maximum Gasteiger partial charge on any atom is 0.387 e. The van der Waals surface area contributed by atoms with Crippen LogP contribution in [0, 0.1) is 0 Å². The number of benzene rings is 2. The van der Waals surface area contributed by atoms with Gasteiger partial charge in [0.05, 0.1) is 7.11 Å². The Labute approximate surface area is 143 Å². The molecule has 2 aromatic rings.